The molecule has 1 aliphatic carbocycles. The number of amides is 3. The maximum atomic E-state index is 12.1. The molecular formula is C17H21N3O6. The second-order valence-corrected chi connectivity index (χ2v) is 6.25. The van der Waals surface area contributed by atoms with Gasteiger partial charge in [-0.3, -0.25) is 20.2 Å². The highest BCUT2D eigenvalue weighted by atomic mass is 16.6. The Morgan fingerprint density at radius 2 is 1.92 bits per heavy atom. The third-order valence-corrected chi connectivity index (χ3v) is 4.22. The van der Waals surface area contributed by atoms with Crippen LogP contribution in [0.3, 0.4) is 0 Å². The van der Waals surface area contributed by atoms with Gasteiger partial charge in [-0.2, -0.15) is 0 Å². The van der Waals surface area contributed by atoms with Crippen molar-refractivity contribution >= 4 is 23.6 Å². The number of nitro benzene ring substituents is 1. The summed E-state index contributed by atoms with van der Waals surface area (Å²) in [5.74, 6) is -1.65. The number of rotatable bonds is 5. The number of carbonyl (C=O) groups is 3. The first-order valence-corrected chi connectivity index (χ1v) is 8.35. The van der Waals surface area contributed by atoms with Crippen LogP contribution in [0.25, 0.3) is 0 Å². The standard InChI is InChI=1S/C17H21N3O6/c1-10-7-8-12(9-14(10)20(24)25)16(22)26-11(2)15(21)19-17(23)18-13-5-3-4-6-13/h7-9,11,13H,3-6H2,1-2H3,(H2,18,19,21,23)/t11-/m0/s1. The first-order valence-electron chi connectivity index (χ1n) is 8.35. The van der Waals surface area contributed by atoms with Crippen LogP contribution in [0, 0.1) is 17.0 Å². The number of urea groups is 1. The maximum absolute atomic E-state index is 12.1. The number of nitrogens with zero attached hydrogens (tertiary/aromatic N) is 1. The van der Waals surface area contributed by atoms with E-state index in [1.165, 1.54) is 19.1 Å². The lowest BCUT2D eigenvalue weighted by atomic mass is 10.1. The number of nitro groups is 1. The van der Waals surface area contributed by atoms with E-state index >= 15 is 0 Å². The first kappa shape index (κ1) is 19.4. The summed E-state index contributed by atoms with van der Waals surface area (Å²) in [6.45, 7) is 2.87. The highest BCUT2D eigenvalue weighted by Crippen LogP contribution is 2.20. The predicted octanol–water partition coefficient (Wildman–Crippen LogP) is 2.22. The molecule has 1 atom stereocenters. The summed E-state index contributed by atoms with van der Waals surface area (Å²) < 4.78 is 4.99. The van der Waals surface area contributed by atoms with E-state index in [0.717, 1.165) is 31.7 Å². The SMILES string of the molecule is Cc1ccc(C(=O)O[C@@H](C)C(=O)NC(=O)NC2CCCC2)cc1[N+](=O)[O-]. The van der Waals surface area contributed by atoms with Gasteiger partial charge < -0.3 is 10.1 Å². The molecule has 9 nitrogen and oxygen atoms in total. The average Bonchev–Trinajstić information content (AvgIpc) is 3.07. The van der Waals surface area contributed by atoms with Crippen molar-refractivity contribution in [1.29, 1.82) is 0 Å². The number of hydrogen-bond acceptors (Lipinski definition) is 6. The number of benzene rings is 1. The topological polar surface area (TPSA) is 128 Å². The number of carbonyl (C=O) groups excluding carboxylic acids is 3. The van der Waals surface area contributed by atoms with Gasteiger partial charge in [-0.25, -0.2) is 9.59 Å². The summed E-state index contributed by atoms with van der Waals surface area (Å²) in [7, 11) is 0. The van der Waals surface area contributed by atoms with Gasteiger partial charge in [-0.05, 0) is 32.8 Å². The van der Waals surface area contributed by atoms with E-state index in [1.54, 1.807) is 6.92 Å². The van der Waals surface area contributed by atoms with Crippen molar-refractivity contribution in [3.8, 4) is 0 Å². The molecule has 0 aromatic heterocycles. The molecule has 0 spiro atoms. The lowest BCUT2D eigenvalue weighted by Crippen LogP contribution is -2.47. The Bertz CT molecular complexity index is 727. The molecule has 1 aromatic rings. The quantitative estimate of drug-likeness (QED) is 0.469. The molecule has 9 heteroatoms. The zero-order chi connectivity index (χ0) is 19.3. The second-order valence-electron chi connectivity index (χ2n) is 6.25. The molecular weight excluding hydrogens is 342 g/mol. The molecule has 0 radical (unpaired) electrons. The molecule has 0 heterocycles. The molecule has 1 fully saturated rings. The van der Waals surface area contributed by atoms with E-state index in [4.69, 9.17) is 4.74 Å². The fraction of sp³-hybridized carbons (Fsp3) is 0.471. The minimum atomic E-state index is -1.22. The van der Waals surface area contributed by atoms with Gasteiger partial charge in [0.15, 0.2) is 6.10 Å². The van der Waals surface area contributed by atoms with Crippen LogP contribution in [0.4, 0.5) is 10.5 Å². The van der Waals surface area contributed by atoms with Crippen molar-refractivity contribution in [2.45, 2.75) is 51.7 Å². The molecule has 1 aliphatic rings. The summed E-state index contributed by atoms with van der Waals surface area (Å²) in [6.07, 6.45) is 2.60. The first-order chi connectivity index (χ1) is 12.3. The van der Waals surface area contributed by atoms with Crippen LogP contribution < -0.4 is 10.6 Å². The van der Waals surface area contributed by atoms with Gasteiger partial charge in [0.25, 0.3) is 11.6 Å². The zero-order valence-corrected chi connectivity index (χ0v) is 14.6. The minimum absolute atomic E-state index is 0.0441. The van der Waals surface area contributed by atoms with E-state index in [0.29, 0.717) is 5.56 Å². The van der Waals surface area contributed by atoms with Crippen molar-refractivity contribution in [3.05, 3.63) is 39.4 Å². The molecule has 2 rings (SSSR count). The molecule has 3 amide bonds. The van der Waals surface area contributed by atoms with Gasteiger partial charge in [0.2, 0.25) is 0 Å². The molecule has 2 N–H and O–H groups in total. The minimum Gasteiger partial charge on any atom is -0.449 e. The van der Waals surface area contributed by atoms with Crippen LogP contribution in [0.1, 0.15) is 48.5 Å². The van der Waals surface area contributed by atoms with E-state index in [1.807, 2.05) is 0 Å². The molecule has 26 heavy (non-hydrogen) atoms. The van der Waals surface area contributed by atoms with E-state index in [9.17, 15) is 24.5 Å². The van der Waals surface area contributed by atoms with Crippen LogP contribution in [-0.2, 0) is 9.53 Å². The van der Waals surface area contributed by atoms with Gasteiger partial charge >= 0.3 is 12.0 Å². The van der Waals surface area contributed by atoms with Crippen molar-refractivity contribution < 1.29 is 24.0 Å². The molecule has 140 valence electrons. The third-order valence-electron chi connectivity index (χ3n) is 4.22. The van der Waals surface area contributed by atoms with Crippen LogP contribution >= 0.6 is 0 Å². The zero-order valence-electron chi connectivity index (χ0n) is 14.6. The monoisotopic (exact) mass is 363 g/mol. The van der Waals surface area contributed by atoms with Crippen molar-refractivity contribution in [2.24, 2.45) is 0 Å². The highest BCUT2D eigenvalue weighted by Gasteiger charge is 2.24. The lowest BCUT2D eigenvalue weighted by molar-refractivity contribution is -0.385. The number of aryl methyl sites for hydroxylation is 1. The molecule has 0 saturated heterocycles. The van der Waals surface area contributed by atoms with Crippen LogP contribution in [-0.4, -0.2) is 35.0 Å². The Morgan fingerprint density at radius 3 is 2.54 bits per heavy atom. The van der Waals surface area contributed by atoms with Gasteiger partial charge in [0.1, 0.15) is 0 Å². The third kappa shape index (κ3) is 5.01. The average molecular weight is 363 g/mol. The van der Waals surface area contributed by atoms with Crippen molar-refractivity contribution in [3.63, 3.8) is 0 Å². The fourth-order valence-corrected chi connectivity index (χ4v) is 2.72. The molecule has 1 saturated carbocycles. The normalized spacial score (nSPS) is 15.2. The van der Waals surface area contributed by atoms with Crippen LogP contribution in [0.15, 0.2) is 18.2 Å². The summed E-state index contributed by atoms with van der Waals surface area (Å²) in [5.41, 5.74) is 0.144. The Hall–Kier alpha value is -2.97. The molecule has 1 aromatic carbocycles. The Morgan fingerprint density at radius 1 is 1.27 bits per heavy atom. The number of esters is 1. The fourth-order valence-electron chi connectivity index (χ4n) is 2.72. The molecule has 0 unspecified atom stereocenters. The largest absolute Gasteiger partial charge is 0.449 e. The van der Waals surface area contributed by atoms with E-state index in [-0.39, 0.29) is 17.3 Å². The van der Waals surface area contributed by atoms with Crippen molar-refractivity contribution in [1.82, 2.24) is 10.6 Å². The lowest BCUT2D eigenvalue weighted by Gasteiger charge is -2.15. The Labute approximate surface area is 150 Å². The second kappa shape index (κ2) is 8.41. The number of hydrogen-bond donors (Lipinski definition) is 2. The molecule has 0 bridgehead atoms. The summed E-state index contributed by atoms with van der Waals surface area (Å²) in [5, 5.41) is 15.8. The Balaban J connectivity index is 1.91. The number of imide groups is 1. The number of nitrogens with one attached hydrogen (secondary N) is 2. The summed E-state index contributed by atoms with van der Waals surface area (Å²) >= 11 is 0. The number of ether oxygens (including phenoxy) is 1. The van der Waals surface area contributed by atoms with Crippen molar-refractivity contribution in [2.75, 3.05) is 0 Å². The highest BCUT2D eigenvalue weighted by molar-refractivity contribution is 5.98. The summed E-state index contributed by atoms with van der Waals surface area (Å²) in [4.78, 5) is 46.2. The van der Waals surface area contributed by atoms with Gasteiger partial charge in [0.05, 0.1) is 10.5 Å². The maximum Gasteiger partial charge on any atom is 0.339 e. The smallest absolute Gasteiger partial charge is 0.339 e. The van der Waals surface area contributed by atoms with Gasteiger partial charge in [0, 0.05) is 17.7 Å². The van der Waals surface area contributed by atoms with Crippen LogP contribution in [0.2, 0.25) is 0 Å². The predicted molar refractivity (Wildman–Crippen MR) is 91.6 cm³/mol. The summed E-state index contributed by atoms with van der Waals surface area (Å²) in [6, 6.07) is 3.32. The Kier molecular flexibility index (Phi) is 6.26. The molecule has 0 aliphatic heterocycles. The van der Waals surface area contributed by atoms with E-state index in [2.05, 4.69) is 10.6 Å². The van der Waals surface area contributed by atoms with E-state index < -0.39 is 28.9 Å². The van der Waals surface area contributed by atoms with Gasteiger partial charge in [-0.15, -0.1) is 0 Å². The van der Waals surface area contributed by atoms with Crippen LogP contribution in [0.5, 0.6) is 0 Å². The van der Waals surface area contributed by atoms with Gasteiger partial charge in [-0.1, -0.05) is 18.9 Å².